The summed E-state index contributed by atoms with van der Waals surface area (Å²) in [7, 11) is 0. The lowest BCUT2D eigenvalue weighted by Gasteiger charge is -2.06. The van der Waals surface area contributed by atoms with Gasteiger partial charge >= 0.3 is 0 Å². The molecular weight excluding hydrogens is 176 g/mol. The first-order chi connectivity index (χ1) is 6.54. The van der Waals surface area contributed by atoms with Crippen LogP contribution < -0.4 is 0 Å². The fourth-order valence-electron chi connectivity index (χ4n) is 1.34. The summed E-state index contributed by atoms with van der Waals surface area (Å²) in [5, 5.41) is 8.83. The Bertz CT molecular complexity index is 185. The zero-order valence-electron chi connectivity index (χ0n) is 9.38. The van der Waals surface area contributed by atoms with E-state index in [0.29, 0.717) is 6.42 Å². The topological polar surface area (TPSA) is 37.3 Å². The summed E-state index contributed by atoms with van der Waals surface area (Å²) < 4.78 is 0. The third-order valence-corrected chi connectivity index (χ3v) is 2.55. The van der Waals surface area contributed by atoms with Gasteiger partial charge in [0, 0.05) is 12.3 Å². The van der Waals surface area contributed by atoms with Gasteiger partial charge in [-0.05, 0) is 19.8 Å². The number of aliphatic hydroxyl groups is 1. The summed E-state index contributed by atoms with van der Waals surface area (Å²) >= 11 is 0. The van der Waals surface area contributed by atoms with Gasteiger partial charge in [-0.3, -0.25) is 4.79 Å². The number of rotatable bonds is 8. The van der Waals surface area contributed by atoms with E-state index in [9.17, 15) is 4.79 Å². The van der Waals surface area contributed by atoms with Crippen molar-refractivity contribution in [1.29, 1.82) is 0 Å². The molecule has 0 saturated carbocycles. The molecule has 1 unspecified atom stereocenters. The third kappa shape index (κ3) is 7.84. The molecule has 0 saturated heterocycles. The Labute approximate surface area is 87.0 Å². The van der Waals surface area contributed by atoms with Crippen LogP contribution in [0.5, 0.6) is 0 Å². The summed E-state index contributed by atoms with van der Waals surface area (Å²) in [5.74, 6) is 0.777. The lowest BCUT2D eigenvalue weighted by atomic mass is 9.99. The van der Waals surface area contributed by atoms with E-state index in [1.54, 1.807) is 6.92 Å². The molecule has 82 valence electrons. The van der Waals surface area contributed by atoms with Crippen LogP contribution in [-0.4, -0.2) is 10.9 Å². The van der Waals surface area contributed by atoms with Gasteiger partial charge in [-0.2, -0.15) is 0 Å². The number of ketones is 1. The predicted molar refractivity (Wildman–Crippen MR) is 59.3 cm³/mol. The Morgan fingerprint density at radius 1 is 1.29 bits per heavy atom. The summed E-state index contributed by atoms with van der Waals surface area (Å²) in [6, 6.07) is 0. The molecule has 0 aliphatic carbocycles. The Hall–Kier alpha value is -0.790. The average Bonchev–Trinajstić information content (AvgIpc) is 2.09. The van der Waals surface area contributed by atoms with Gasteiger partial charge in [0.1, 0.15) is 5.78 Å². The van der Waals surface area contributed by atoms with E-state index in [2.05, 4.69) is 6.58 Å². The van der Waals surface area contributed by atoms with Crippen LogP contribution in [0.4, 0.5) is 0 Å². The summed E-state index contributed by atoms with van der Waals surface area (Å²) in [5.41, 5.74) is 0. The summed E-state index contributed by atoms with van der Waals surface area (Å²) in [4.78, 5) is 10.9. The van der Waals surface area contributed by atoms with E-state index in [0.717, 1.165) is 32.1 Å². The molecule has 0 spiro atoms. The van der Waals surface area contributed by atoms with Crippen LogP contribution in [0.15, 0.2) is 12.3 Å². The van der Waals surface area contributed by atoms with Crippen LogP contribution in [0, 0.1) is 5.92 Å². The van der Waals surface area contributed by atoms with Gasteiger partial charge in [0.15, 0.2) is 0 Å². The van der Waals surface area contributed by atoms with Crippen LogP contribution in [0.1, 0.15) is 52.4 Å². The van der Waals surface area contributed by atoms with Crippen molar-refractivity contribution in [1.82, 2.24) is 0 Å². The van der Waals surface area contributed by atoms with E-state index in [4.69, 9.17) is 5.11 Å². The highest BCUT2D eigenvalue weighted by Gasteiger charge is 2.05. The summed E-state index contributed by atoms with van der Waals surface area (Å²) in [6.45, 7) is 7.07. The molecule has 0 aromatic carbocycles. The predicted octanol–water partition coefficient (Wildman–Crippen LogP) is 3.62. The molecule has 0 amide bonds. The van der Waals surface area contributed by atoms with Crippen LogP contribution in [0.25, 0.3) is 0 Å². The molecular formula is C12H22O2. The lowest BCUT2D eigenvalue weighted by molar-refractivity contribution is -0.120. The molecule has 0 bridgehead atoms. The van der Waals surface area contributed by atoms with Gasteiger partial charge in [0.05, 0.1) is 5.76 Å². The number of hydrogen-bond donors (Lipinski definition) is 1. The highest BCUT2D eigenvalue weighted by Crippen LogP contribution is 2.12. The maximum Gasteiger partial charge on any atom is 0.132 e. The minimum absolute atomic E-state index is 0.211. The molecule has 1 N–H and O–H groups in total. The number of allylic oxidation sites excluding steroid dienone is 1. The van der Waals surface area contributed by atoms with Crippen molar-refractivity contribution in [3.8, 4) is 0 Å². The first-order valence-electron chi connectivity index (χ1n) is 5.41. The average molecular weight is 198 g/mol. The highest BCUT2D eigenvalue weighted by molar-refractivity contribution is 5.77. The first kappa shape index (κ1) is 13.2. The Kier molecular flexibility index (Phi) is 7.17. The first-order valence-corrected chi connectivity index (χ1v) is 5.41. The van der Waals surface area contributed by atoms with Gasteiger partial charge in [-0.25, -0.2) is 0 Å². The van der Waals surface area contributed by atoms with Gasteiger partial charge in [0.25, 0.3) is 0 Å². The number of unbranched alkanes of at least 4 members (excludes halogenated alkanes) is 3. The number of Topliss-reactive ketones (excluding diaryl/α,β-unsaturated/α-hetero) is 1. The molecule has 0 radical (unpaired) electrons. The van der Waals surface area contributed by atoms with E-state index >= 15 is 0 Å². The smallest absolute Gasteiger partial charge is 0.132 e. The second-order valence-corrected chi connectivity index (χ2v) is 4.03. The monoisotopic (exact) mass is 198 g/mol. The zero-order valence-corrected chi connectivity index (χ0v) is 9.38. The third-order valence-electron chi connectivity index (χ3n) is 2.55. The normalized spacial score (nSPS) is 12.4. The number of carbonyl (C=O) groups excluding carboxylic acids is 1. The van der Waals surface area contributed by atoms with Crippen LogP contribution >= 0.6 is 0 Å². The minimum atomic E-state index is 0.211. The second kappa shape index (κ2) is 7.60. The van der Waals surface area contributed by atoms with Gasteiger partial charge < -0.3 is 5.11 Å². The molecule has 0 rings (SSSR count). The van der Waals surface area contributed by atoms with Crippen molar-refractivity contribution < 1.29 is 9.90 Å². The molecule has 2 nitrogen and oxygen atoms in total. The Balaban J connectivity index is 3.21. The van der Waals surface area contributed by atoms with Gasteiger partial charge in [-0.1, -0.05) is 32.8 Å². The fourth-order valence-corrected chi connectivity index (χ4v) is 1.34. The van der Waals surface area contributed by atoms with E-state index in [1.165, 1.54) is 0 Å². The maximum absolute atomic E-state index is 10.9. The Morgan fingerprint density at radius 2 is 1.86 bits per heavy atom. The van der Waals surface area contributed by atoms with Gasteiger partial charge in [0.2, 0.25) is 0 Å². The molecule has 0 aliphatic heterocycles. The van der Waals surface area contributed by atoms with Crippen molar-refractivity contribution in [2.45, 2.75) is 52.4 Å². The van der Waals surface area contributed by atoms with Crippen molar-refractivity contribution in [2.75, 3.05) is 0 Å². The molecule has 0 aromatic rings. The SMILES string of the molecule is C=C(O)CCCCCCC(C)C(C)=O. The van der Waals surface area contributed by atoms with Crippen molar-refractivity contribution in [3.05, 3.63) is 12.3 Å². The Morgan fingerprint density at radius 3 is 2.36 bits per heavy atom. The number of carbonyl (C=O) groups is 1. The summed E-state index contributed by atoms with van der Waals surface area (Å²) in [6.07, 6.45) is 6.08. The largest absolute Gasteiger partial charge is 0.513 e. The maximum atomic E-state index is 10.9. The molecule has 0 heterocycles. The lowest BCUT2D eigenvalue weighted by Crippen LogP contribution is -2.05. The van der Waals surface area contributed by atoms with Crippen molar-refractivity contribution >= 4 is 5.78 Å². The molecule has 0 aromatic heterocycles. The molecule has 2 heteroatoms. The van der Waals surface area contributed by atoms with Crippen LogP contribution in [-0.2, 0) is 4.79 Å². The number of aliphatic hydroxyl groups excluding tert-OH is 1. The standard InChI is InChI=1S/C12H22O2/c1-10(12(3)14)8-6-4-5-7-9-11(2)13/h10,13H,2,4-9H2,1,3H3. The van der Waals surface area contributed by atoms with Crippen molar-refractivity contribution in [3.63, 3.8) is 0 Å². The van der Waals surface area contributed by atoms with E-state index in [1.807, 2.05) is 6.92 Å². The van der Waals surface area contributed by atoms with Crippen molar-refractivity contribution in [2.24, 2.45) is 5.92 Å². The van der Waals surface area contributed by atoms with Crippen LogP contribution in [0.2, 0.25) is 0 Å². The highest BCUT2D eigenvalue weighted by atomic mass is 16.3. The fraction of sp³-hybridized carbons (Fsp3) is 0.750. The van der Waals surface area contributed by atoms with E-state index < -0.39 is 0 Å². The van der Waals surface area contributed by atoms with E-state index in [-0.39, 0.29) is 17.5 Å². The molecule has 1 atom stereocenters. The second-order valence-electron chi connectivity index (χ2n) is 4.03. The number of hydrogen-bond acceptors (Lipinski definition) is 2. The molecule has 0 fully saturated rings. The quantitative estimate of drug-likeness (QED) is 0.477. The minimum Gasteiger partial charge on any atom is -0.513 e. The molecule has 0 aliphatic rings. The zero-order chi connectivity index (χ0) is 11.0. The molecule has 14 heavy (non-hydrogen) atoms. The van der Waals surface area contributed by atoms with Crippen LogP contribution in [0.3, 0.4) is 0 Å². The van der Waals surface area contributed by atoms with Gasteiger partial charge in [-0.15, -0.1) is 0 Å².